The van der Waals surface area contributed by atoms with Crippen LogP contribution in [0.5, 0.6) is 11.9 Å². The number of aromatic nitrogens is 2. The highest BCUT2D eigenvalue weighted by Gasteiger charge is 2.38. The first-order chi connectivity index (χ1) is 8.78. The largest absolute Gasteiger partial charge is 0.531 e. The Morgan fingerprint density at radius 2 is 1.45 bits per heavy atom. The van der Waals surface area contributed by atoms with Crippen LogP contribution in [0.4, 0.5) is 13.2 Å². The van der Waals surface area contributed by atoms with Crippen molar-refractivity contribution >= 4 is 16.6 Å². The summed E-state index contributed by atoms with van der Waals surface area (Å²) in [4.78, 5) is 7.44. The Hall–Kier alpha value is -1.10. The van der Waals surface area contributed by atoms with Gasteiger partial charge in [0.1, 0.15) is 5.56 Å². The molecule has 0 unspecified atom stereocenters. The molecule has 0 saturated carbocycles. The van der Waals surface area contributed by atoms with E-state index < -0.39 is 34.3 Å². The molecule has 114 valence electrons. The third-order valence-corrected chi connectivity index (χ3v) is 3.44. The van der Waals surface area contributed by atoms with Gasteiger partial charge in [0.15, 0.2) is 0 Å². The summed E-state index contributed by atoms with van der Waals surface area (Å²) in [5.41, 5.74) is -0.970. The van der Waals surface area contributed by atoms with E-state index in [4.69, 9.17) is 8.85 Å². The lowest BCUT2D eigenvalue weighted by Crippen LogP contribution is -2.33. The standard InChI is InChI=1S/C11H19F3N2O2Si2/c1-19(2,3)17-9-8(11(12,13)14)7-15-10(16-9)18-20(4,5)6/h7H,1-6H3. The Bertz CT molecular complexity index is 482. The summed E-state index contributed by atoms with van der Waals surface area (Å²) in [6.07, 6.45) is -3.83. The van der Waals surface area contributed by atoms with Crippen LogP contribution in [0.25, 0.3) is 0 Å². The van der Waals surface area contributed by atoms with Gasteiger partial charge in [0, 0.05) is 0 Å². The second kappa shape index (κ2) is 5.36. The molecule has 1 rings (SSSR count). The van der Waals surface area contributed by atoms with E-state index in [1.165, 1.54) is 0 Å². The highest BCUT2D eigenvalue weighted by Crippen LogP contribution is 2.36. The fraction of sp³-hybridized carbons (Fsp3) is 0.636. The van der Waals surface area contributed by atoms with Crippen molar-refractivity contribution in [1.82, 2.24) is 9.97 Å². The molecule has 0 amide bonds. The van der Waals surface area contributed by atoms with E-state index in [9.17, 15) is 13.2 Å². The first-order valence-corrected chi connectivity index (χ1v) is 12.9. The molecule has 0 N–H and O–H groups in total. The van der Waals surface area contributed by atoms with Crippen LogP contribution < -0.4 is 8.85 Å². The monoisotopic (exact) mass is 324 g/mol. The fourth-order valence-electron chi connectivity index (χ4n) is 1.24. The Kier molecular flexibility index (Phi) is 4.54. The summed E-state index contributed by atoms with van der Waals surface area (Å²) in [6, 6.07) is -0.0644. The second-order valence-electron chi connectivity index (χ2n) is 6.30. The quantitative estimate of drug-likeness (QED) is 0.787. The smallest absolute Gasteiger partial charge is 0.423 e. The molecule has 0 aliphatic carbocycles. The lowest BCUT2D eigenvalue weighted by molar-refractivity contribution is -0.139. The highest BCUT2D eigenvalue weighted by molar-refractivity contribution is 6.70. The van der Waals surface area contributed by atoms with Crippen molar-refractivity contribution < 1.29 is 22.0 Å². The topological polar surface area (TPSA) is 44.2 Å². The van der Waals surface area contributed by atoms with Crippen LogP contribution >= 0.6 is 0 Å². The maximum absolute atomic E-state index is 12.9. The Morgan fingerprint density at radius 3 is 1.85 bits per heavy atom. The van der Waals surface area contributed by atoms with Gasteiger partial charge in [-0.25, -0.2) is 4.98 Å². The van der Waals surface area contributed by atoms with Gasteiger partial charge in [0.2, 0.25) is 22.5 Å². The van der Waals surface area contributed by atoms with Gasteiger partial charge in [0.25, 0.3) is 0 Å². The van der Waals surface area contributed by atoms with Gasteiger partial charge in [-0.15, -0.1) is 0 Å². The number of rotatable bonds is 4. The van der Waals surface area contributed by atoms with Crippen LogP contribution in [0.2, 0.25) is 39.3 Å². The van der Waals surface area contributed by atoms with E-state index in [1.807, 2.05) is 19.6 Å². The molecule has 0 spiro atoms. The Labute approximate surface area is 118 Å². The van der Waals surface area contributed by atoms with Crippen molar-refractivity contribution in [2.75, 3.05) is 0 Å². The molecule has 20 heavy (non-hydrogen) atoms. The van der Waals surface area contributed by atoms with Crippen LogP contribution in [0, 0.1) is 0 Å². The van der Waals surface area contributed by atoms with Crippen LogP contribution in [0.1, 0.15) is 5.56 Å². The molecule has 0 radical (unpaired) electrons. The zero-order valence-corrected chi connectivity index (χ0v) is 14.4. The zero-order chi connectivity index (χ0) is 15.8. The molecule has 0 bridgehead atoms. The molecule has 0 aromatic carbocycles. The first-order valence-electron chi connectivity index (χ1n) is 6.10. The van der Waals surface area contributed by atoms with Gasteiger partial charge >= 0.3 is 12.2 Å². The van der Waals surface area contributed by atoms with Crippen molar-refractivity contribution in [3.05, 3.63) is 11.8 Å². The minimum Gasteiger partial charge on any atom is -0.531 e. The molecular formula is C11H19F3N2O2Si2. The molecule has 1 aromatic heterocycles. The molecule has 9 heteroatoms. The van der Waals surface area contributed by atoms with Crippen LogP contribution in [0.3, 0.4) is 0 Å². The van der Waals surface area contributed by atoms with E-state index in [2.05, 4.69) is 9.97 Å². The maximum atomic E-state index is 12.9. The Balaban J connectivity index is 3.22. The predicted molar refractivity (Wildman–Crippen MR) is 75.0 cm³/mol. The van der Waals surface area contributed by atoms with Crippen LogP contribution in [-0.4, -0.2) is 26.6 Å². The van der Waals surface area contributed by atoms with Crippen molar-refractivity contribution in [3.63, 3.8) is 0 Å². The third-order valence-electron chi connectivity index (χ3n) is 1.84. The van der Waals surface area contributed by atoms with Gasteiger partial charge in [-0.1, -0.05) is 0 Å². The van der Waals surface area contributed by atoms with Gasteiger partial charge in [-0.05, 0) is 39.3 Å². The second-order valence-corrected chi connectivity index (χ2v) is 15.2. The van der Waals surface area contributed by atoms with Crippen molar-refractivity contribution in [2.45, 2.75) is 45.5 Å². The number of hydrogen-bond donors (Lipinski definition) is 0. The molecule has 0 aliphatic rings. The zero-order valence-electron chi connectivity index (χ0n) is 12.4. The summed E-state index contributed by atoms with van der Waals surface area (Å²) >= 11 is 0. The summed E-state index contributed by atoms with van der Waals surface area (Å²) in [5.74, 6) is -0.445. The molecule has 0 saturated heterocycles. The minimum absolute atomic E-state index is 0.0644. The van der Waals surface area contributed by atoms with Crippen LogP contribution in [-0.2, 0) is 6.18 Å². The summed E-state index contributed by atoms with van der Waals surface area (Å²) in [5, 5.41) is 0. The molecule has 1 heterocycles. The minimum atomic E-state index is -4.55. The fourth-order valence-corrected chi connectivity index (χ4v) is 2.62. The summed E-state index contributed by atoms with van der Waals surface area (Å²) in [7, 11) is -4.22. The molecular weight excluding hydrogens is 305 g/mol. The number of halogens is 3. The van der Waals surface area contributed by atoms with Gasteiger partial charge in [0.05, 0.1) is 6.20 Å². The molecule has 1 aromatic rings. The third kappa shape index (κ3) is 5.49. The molecule has 0 fully saturated rings. The maximum Gasteiger partial charge on any atom is 0.423 e. The van der Waals surface area contributed by atoms with Crippen molar-refractivity contribution in [1.29, 1.82) is 0 Å². The number of nitrogens with zero attached hydrogens (tertiary/aromatic N) is 2. The van der Waals surface area contributed by atoms with Crippen molar-refractivity contribution in [3.8, 4) is 11.9 Å². The summed E-state index contributed by atoms with van der Waals surface area (Å²) in [6.45, 7) is 11.0. The molecule has 4 nitrogen and oxygen atoms in total. The van der Waals surface area contributed by atoms with Crippen LogP contribution in [0.15, 0.2) is 6.20 Å². The molecule has 0 aliphatic heterocycles. The van der Waals surface area contributed by atoms with Gasteiger partial charge in [-0.3, -0.25) is 0 Å². The van der Waals surface area contributed by atoms with E-state index in [0.29, 0.717) is 0 Å². The number of hydrogen-bond acceptors (Lipinski definition) is 4. The lowest BCUT2D eigenvalue weighted by atomic mass is 10.3. The van der Waals surface area contributed by atoms with E-state index >= 15 is 0 Å². The molecule has 0 atom stereocenters. The van der Waals surface area contributed by atoms with E-state index in [1.54, 1.807) is 19.6 Å². The normalized spacial score (nSPS) is 13.2. The van der Waals surface area contributed by atoms with E-state index in [0.717, 1.165) is 6.20 Å². The first kappa shape index (κ1) is 17.0. The van der Waals surface area contributed by atoms with Gasteiger partial charge in [-0.2, -0.15) is 18.2 Å². The predicted octanol–water partition coefficient (Wildman–Crippen LogP) is 3.92. The average Bonchev–Trinajstić information content (AvgIpc) is 2.09. The lowest BCUT2D eigenvalue weighted by Gasteiger charge is -2.23. The summed E-state index contributed by atoms with van der Waals surface area (Å²) < 4.78 is 49.7. The SMILES string of the molecule is C[Si](C)(C)Oc1ncc(C(F)(F)F)c(O[Si](C)(C)C)n1. The Morgan fingerprint density at radius 1 is 0.950 bits per heavy atom. The highest BCUT2D eigenvalue weighted by atomic mass is 28.4. The van der Waals surface area contributed by atoms with Gasteiger partial charge < -0.3 is 8.85 Å². The van der Waals surface area contributed by atoms with E-state index in [-0.39, 0.29) is 6.01 Å². The average molecular weight is 324 g/mol. The number of alkyl halides is 3. The van der Waals surface area contributed by atoms with Crippen molar-refractivity contribution in [2.24, 2.45) is 0 Å².